The SMILES string of the molecule is C=CCNN(CCCC)C(=O)N(CC=C)CC=O. The van der Waals surface area contributed by atoms with E-state index in [9.17, 15) is 9.59 Å². The lowest BCUT2D eigenvalue weighted by atomic mass is 10.3. The van der Waals surface area contributed by atoms with Gasteiger partial charge in [0.25, 0.3) is 0 Å². The summed E-state index contributed by atoms with van der Waals surface area (Å²) in [7, 11) is 0. The van der Waals surface area contributed by atoms with Gasteiger partial charge in [0.2, 0.25) is 0 Å². The molecule has 5 heteroatoms. The minimum absolute atomic E-state index is 0.0727. The van der Waals surface area contributed by atoms with Crippen LogP contribution in [-0.2, 0) is 4.79 Å². The molecule has 0 heterocycles. The summed E-state index contributed by atoms with van der Waals surface area (Å²) < 4.78 is 0. The van der Waals surface area contributed by atoms with E-state index in [-0.39, 0.29) is 12.6 Å². The third kappa shape index (κ3) is 6.20. The second kappa shape index (κ2) is 10.5. The molecule has 0 aliphatic rings. The second-order valence-corrected chi connectivity index (χ2v) is 3.80. The molecule has 0 aliphatic heterocycles. The lowest BCUT2D eigenvalue weighted by Crippen LogP contribution is -2.51. The van der Waals surface area contributed by atoms with E-state index in [1.54, 1.807) is 12.2 Å². The van der Waals surface area contributed by atoms with E-state index in [0.29, 0.717) is 25.9 Å². The molecular weight excluding hydrogens is 230 g/mol. The third-order valence-corrected chi connectivity index (χ3v) is 2.31. The average molecular weight is 253 g/mol. The Hall–Kier alpha value is -1.62. The van der Waals surface area contributed by atoms with E-state index >= 15 is 0 Å². The summed E-state index contributed by atoms with van der Waals surface area (Å²) >= 11 is 0. The third-order valence-electron chi connectivity index (χ3n) is 2.31. The van der Waals surface area contributed by atoms with Crippen molar-refractivity contribution in [3.05, 3.63) is 25.3 Å². The zero-order chi connectivity index (χ0) is 13.8. The van der Waals surface area contributed by atoms with Crippen LogP contribution in [-0.4, -0.2) is 48.4 Å². The van der Waals surface area contributed by atoms with Crippen molar-refractivity contribution in [1.29, 1.82) is 0 Å². The van der Waals surface area contributed by atoms with E-state index < -0.39 is 0 Å². The van der Waals surface area contributed by atoms with Crippen LogP contribution in [0.1, 0.15) is 19.8 Å². The van der Waals surface area contributed by atoms with Crippen LogP contribution >= 0.6 is 0 Å². The number of carbonyl (C=O) groups is 2. The maximum absolute atomic E-state index is 12.2. The highest BCUT2D eigenvalue weighted by Crippen LogP contribution is 1.99. The van der Waals surface area contributed by atoms with Crippen molar-refractivity contribution in [1.82, 2.24) is 15.3 Å². The van der Waals surface area contributed by atoms with Crippen molar-refractivity contribution in [3.63, 3.8) is 0 Å². The Labute approximate surface area is 109 Å². The van der Waals surface area contributed by atoms with Crippen LogP contribution in [0.5, 0.6) is 0 Å². The smallest absolute Gasteiger partial charge is 0.313 e. The second-order valence-electron chi connectivity index (χ2n) is 3.80. The number of carbonyl (C=O) groups excluding carboxylic acids is 2. The monoisotopic (exact) mass is 253 g/mol. The number of rotatable bonds is 10. The van der Waals surface area contributed by atoms with Crippen LogP contribution < -0.4 is 5.43 Å². The van der Waals surface area contributed by atoms with Gasteiger partial charge in [0.05, 0.1) is 6.54 Å². The van der Waals surface area contributed by atoms with Gasteiger partial charge in [-0.25, -0.2) is 10.2 Å². The first-order chi connectivity index (χ1) is 8.71. The quantitative estimate of drug-likeness (QED) is 0.365. The summed E-state index contributed by atoms with van der Waals surface area (Å²) in [6, 6.07) is -0.211. The number of nitrogens with one attached hydrogen (secondary N) is 1. The Bertz CT molecular complexity index is 269. The average Bonchev–Trinajstić information content (AvgIpc) is 2.38. The molecule has 0 atom stereocenters. The van der Waals surface area contributed by atoms with E-state index in [1.807, 2.05) is 0 Å². The topological polar surface area (TPSA) is 52.7 Å². The molecule has 0 unspecified atom stereocenters. The van der Waals surface area contributed by atoms with Gasteiger partial charge in [0, 0.05) is 19.6 Å². The summed E-state index contributed by atoms with van der Waals surface area (Å²) in [5.74, 6) is 0. The molecule has 5 nitrogen and oxygen atoms in total. The summed E-state index contributed by atoms with van der Waals surface area (Å²) in [4.78, 5) is 24.2. The molecule has 0 fully saturated rings. The molecule has 1 N–H and O–H groups in total. The first-order valence-electron chi connectivity index (χ1n) is 6.16. The molecule has 0 aliphatic carbocycles. The number of nitrogens with zero attached hydrogens (tertiary/aromatic N) is 2. The highest BCUT2D eigenvalue weighted by Gasteiger charge is 2.18. The molecule has 0 spiro atoms. The van der Waals surface area contributed by atoms with Crippen LogP contribution in [0.3, 0.4) is 0 Å². The lowest BCUT2D eigenvalue weighted by Gasteiger charge is -2.29. The van der Waals surface area contributed by atoms with Crippen molar-refractivity contribution >= 4 is 12.3 Å². The number of urea groups is 1. The number of hydrogen-bond acceptors (Lipinski definition) is 3. The molecule has 0 rings (SSSR count). The molecule has 0 saturated heterocycles. The van der Waals surface area contributed by atoms with Gasteiger partial charge in [-0.05, 0) is 6.42 Å². The zero-order valence-electron chi connectivity index (χ0n) is 11.1. The molecule has 0 bridgehead atoms. The summed E-state index contributed by atoms with van der Waals surface area (Å²) in [5.41, 5.74) is 2.98. The minimum atomic E-state index is -0.211. The predicted octanol–water partition coefficient (Wildman–Crippen LogP) is 1.59. The Morgan fingerprint density at radius 3 is 2.50 bits per heavy atom. The molecule has 0 aromatic carbocycles. The first-order valence-corrected chi connectivity index (χ1v) is 6.16. The number of amides is 2. The van der Waals surface area contributed by atoms with Gasteiger partial charge in [-0.2, -0.15) is 0 Å². The van der Waals surface area contributed by atoms with Crippen LogP contribution in [0.15, 0.2) is 25.3 Å². The molecule has 0 aromatic heterocycles. The van der Waals surface area contributed by atoms with Gasteiger partial charge in [-0.15, -0.1) is 13.2 Å². The van der Waals surface area contributed by atoms with Gasteiger partial charge < -0.3 is 9.69 Å². The van der Waals surface area contributed by atoms with Crippen LogP contribution in [0, 0.1) is 0 Å². The molecule has 18 heavy (non-hydrogen) atoms. The number of unbranched alkanes of at least 4 members (excludes halogenated alkanes) is 1. The largest absolute Gasteiger partial charge is 0.335 e. The van der Waals surface area contributed by atoms with Crippen LogP contribution in [0.2, 0.25) is 0 Å². The van der Waals surface area contributed by atoms with E-state index in [0.717, 1.165) is 12.8 Å². The van der Waals surface area contributed by atoms with Crippen molar-refractivity contribution in [2.45, 2.75) is 19.8 Å². The first kappa shape index (κ1) is 16.4. The molecule has 2 amide bonds. The minimum Gasteiger partial charge on any atom is -0.313 e. The Morgan fingerprint density at radius 2 is 2.00 bits per heavy atom. The maximum Gasteiger partial charge on any atom is 0.335 e. The van der Waals surface area contributed by atoms with Crippen molar-refractivity contribution in [2.75, 3.05) is 26.2 Å². The van der Waals surface area contributed by atoms with Crippen molar-refractivity contribution in [2.24, 2.45) is 0 Å². The molecular formula is C13H23N3O2. The highest BCUT2D eigenvalue weighted by molar-refractivity contribution is 5.76. The van der Waals surface area contributed by atoms with Crippen LogP contribution in [0.4, 0.5) is 4.79 Å². The highest BCUT2D eigenvalue weighted by atomic mass is 16.2. The van der Waals surface area contributed by atoms with E-state index in [1.165, 1.54) is 9.91 Å². The van der Waals surface area contributed by atoms with Crippen LogP contribution in [0.25, 0.3) is 0 Å². The fourth-order valence-electron chi connectivity index (χ4n) is 1.38. The van der Waals surface area contributed by atoms with Gasteiger partial charge in [-0.1, -0.05) is 25.5 Å². The lowest BCUT2D eigenvalue weighted by molar-refractivity contribution is -0.108. The van der Waals surface area contributed by atoms with Gasteiger partial charge in [0.1, 0.15) is 6.29 Å². The van der Waals surface area contributed by atoms with Crippen molar-refractivity contribution < 1.29 is 9.59 Å². The Balaban J connectivity index is 4.58. The fourth-order valence-corrected chi connectivity index (χ4v) is 1.38. The molecule has 0 radical (unpaired) electrons. The molecule has 0 aromatic rings. The molecule has 0 saturated carbocycles. The summed E-state index contributed by atoms with van der Waals surface area (Å²) in [5, 5.41) is 1.53. The molecule has 102 valence electrons. The summed E-state index contributed by atoms with van der Waals surface area (Å²) in [6.45, 7) is 10.8. The number of hydrazine groups is 1. The number of hydrogen-bond donors (Lipinski definition) is 1. The van der Waals surface area contributed by atoms with Gasteiger partial charge in [-0.3, -0.25) is 5.01 Å². The Kier molecular flexibility index (Phi) is 9.58. The van der Waals surface area contributed by atoms with E-state index in [2.05, 4.69) is 25.5 Å². The van der Waals surface area contributed by atoms with Gasteiger partial charge >= 0.3 is 6.03 Å². The van der Waals surface area contributed by atoms with E-state index in [4.69, 9.17) is 0 Å². The van der Waals surface area contributed by atoms with Gasteiger partial charge in [0.15, 0.2) is 0 Å². The maximum atomic E-state index is 12.2. The standard InChI is InChI=1S/C13H23N3O2/c1-4-7-10-16(14-8-5-2)13(18)15(9-6-3)11-12-17/h5-6,12,14H,2-4,7-11H2,1H3. The number of aldehydes is 1. The van der Waals surface area contributed by atoms with Crippen molar-refractivity contribution in [3.8, 4) is 0 Å². The normalized spacial score (nSPS) is 9.61. The Morgan fingerprint density at radius 1 is 1.28 bits per heavy atom. The predicted molar refractivity (Wildman–Crippen MR) is 73.0 cm³/mol. The zero-order valence-corrected chi connectivity index (χ0v) is 11.1. The summed E-state index contributed by atoms with van der Waals surface area (Å²) in [6.07, 6.45) is 5.90. The fraction of sp³-hybridized carbons (Fsp3) is 0.538.